The average molecular weight is 228 g/mol. The number of alkyl halides is 1. The summed E-state index contributed by atoms with van der Waals surface area (Å²) in [7, 11) is 0. The van der Waals surface area contributed by atoms with E-state index in [1.807, 2.05) is 4.68 Å². The molecule has 5 heteroatoms. The topological polar surface area (TPSA) is 46.9 Å². The fourth-order valence-electron chi connectivity index (χ4n) is 1.69. The predicted octanol–water partition coefficient (Wildman–Crippen LogP) is 2.03. The Morgan fingerprint density at radius 3 is 3.13 bits per heavy atom. The molecule has 1 aromatic rings. The van der Waals surface area contributed by atoms with E-state index in [-0.39, 0.29) is 11.8 Å². The Labute approximate surface area is 93.6 Å². The van der Waals surface area contributed by atoms with Crippen LogP contribution >= 0.6 is 11.6 Å². The van der Waals surface area contributed by atoms with Crippen LogP contribution in [-0.4, -0.2) is 21.6 Å². The predicted molar refractivity (Wildman–Crippen MR) is 59.0 cm³/mol. The van der Waals surface area contributed by atoms with Crippen molar-refractivity contribution in [3.63, 3.8) is 0 Å². The van der Waals surface area contributed by atoms with E-state index in [0.29, 0.717) is 12.0 Å². The van der Waals surface area contributed by atoms with Gasteiger partial charge in [0.15, 0.2) is 0 Å². The van der Waals surface area contributed by atoms with Crippen molar-refractivity contribution in [3.05, 3.63) is 12.3 Å². The Kier molecular flexibility index (Phi) is 2.95. The average Bonchev–Trinajstić information content (AvgIpc) is 2.99. The molecular weight excluding hydrogens is 214 g/mol. The number of aromatic nitrogens is 2. The molecule has 1 N–H and O–H groups in total. The molecule has 0 saturated heterocycles. The van der Waals surface area contributed by atoms with Gasteiger partial charge in [0.1, 0.15) is 11.7 Å². The summed E-state index contributed by atoms with van der Waals surface area (Å²) < 4.78 is 1.86. The van der Waals surface area contributed by atoms with E-state index in [0.717, 1.165) is 5.82 Å². The highest BCUT2D eigenvalue weighted by Gasteiger charge is 2.30. The minimum atomic E-state index is -0.193. The molecule has 1 aromatic heterocycles. The molecule has 1 saturated carbocycles. The van der Waals surface area contributed by atoms with Crippen molar-refractivity contribution in [2.24, 2.45) is 5.92 Å². The lowest BCUT2D eigenvalue weighted by atomic mass is 10.2. The van der Waals surface area contributed by atoms with Crippen LogP contribution in [0.3, 0.4) is 0 Å². The van der Waals surface area contributed by atoms with Crippen LogP contribution in [0.25, 0.3) is 0 Å². The van der Waals surface area contributed by atoms with Crippen LogP contribution in [0.1, 0.15) is 25.8 Å². The molecule has 15 heavy (non-hydrogen) atoms. The molecule has 4 nitrogen and oxygen atoms in total. The maximum Gasteiger partial charge on any atom is 0.240 e. The summed E-state index contributed by atoms with van der Waals surface area (Å²) in [6.45, 7) is 2.13. The molecule has 1 aliphatic rings. The Morgan fingerprint density at radius 1 is 1.80 bits per heavy atom. The van der Waals surface area contributed by atoms with Crippen molar-refractivity contribution >= 4 is 23.3 Å². The first kappa shape index (κ1) is 10.5. The number of hydrogen-bond donors (Lipinski definition) is 1. The van der Waals surface area contributed by atoms with E-state index in [2.05, 4.69) is 17.3 Å². The van der Waals surface area contributed by atoms with E-state index in [1.165, 1.54) is 12.8 Å². The van der Waals surface area contributed by atoms with Crippen LogP contribution < -0.4 is 5.32 Å². The van der Waals surface area contributed by atoms with E-state index in [4.69, 9.17) is 11.6 Å². The second-order valence-corrected chi connectivity index (χ2v) is 4.19. The summed E-state index contributed by atoms with van der Waals surface area (Å²) in [6, 6.07) is 2.15. The fraction of sp³-hybridized carbons (Fsp3) is 0.600. The van der Waals surface area contributed by atoms with Gasteiger partial charge < -0.3 is 5.32 Å². The summed E-state index contributed by atoms with van der Waals surface area (Å²) >= 11 is 5.43. The zero-order chi connectivity index (χ0) is 10.8. The van der Waals surface area contributed by atoms with Crippen molar-refractivity contribution in [1.82, 2.24) is 9.78 Å². The summed E-state index contributed by atoms with van der Waals surface area (Å²) in [5.41, 5.74) is 0. The normalized spacial score (nSPS) is 17.5. The number of rotatable bonds is 4. The first-order valence-corrected chi connectivity index (χ1v) is 5.65. The lowest BCUT2D eigenvalue weighted by Gasteiger charge is -2.14. The first-order valence-electron chi connectivity index (χ1n) is 5.11. The number of amides is 1. The van der Waals surface area contributed by atoms with Crippen LogP contribution in [0.5, 0.6) is 0 Å². The highest BCUT2D eigenvalue weighted by Crippen LogP contribution is 2.40. The minimum Gasteiger partial charge on any atom is -0.310 e. The summed E-state index contributed by atoms with van der Waals surface area (Å²) in [6.07, 6.45) is 4.20. The first-order chi connectivity index (χ1) is 7.22. The molecule has 0 spiro atoms. The Balaban J connectivity index is 2.10. The van der Waals surface area contributed by atoms with Crippen LogP contribution in [0.2, 0.25) is 0 Å². The van der Waals surface area contributed by atoms with Gasteiger partial charge in [0.25, 0.3) is 0 Å². The van der Waals surface area contributed by atoms with Crippen LogP contribution in [0.4, 0.5) is 5.82 Å². The molecule has 1 fully saturated rings. The van der Waals surface area contributed by atoms with Crippen molar-refractivity contribution < 1.29 is 4.79 Å². The van der Waals surface area contributed by atoms with E-state index >= 15 is 0 Å². The third-order valence-corrected chi connectivity index (χ3v) is 2.99. The molecule has 0 bridgehead atoms. The van der Waals surface area contributed by atoms with E-state index < -0.39 is 0 Å². The van der Waals surface area contributed by atoms with Gasteiger partial charge in [-0.05, 0) is 25.7 Å². The monoisotopic (exact) mass is 227 g/mol. The number of anilines is 1. The second kappa shape index (κ2) is 4.23. The maximum atomic E-state index is 11.2. The van der Waals surface area contributed by atoms with Crippen molar-refractivity contribution in [1.29, 1.82) is 0 Å². The number of hydrogen-bond acceptors (Lipinski definition) is 2. The van der Waals surface area contributed by atoms with Gasteiger partial charge in [-0.2, -0.15) is 5.10 Å². The minimum absolute atomic E-state index is 0.0248. The van der Waals surface area contributed by atoms with Gasteiger partial charge in [-0.15, -0.1) is 11.6 Å². The third-order valence-electron chi connectivity index (χ3n) is 2.75. The highest BCUT2D eigenvalue weighted by molar-refractivity contribution is 6.29. The van der Waals surface area contributed by atoms with Crippen LogP contribution in [0, 0.1) is 5.92 Å². The Hall–Kier alpha value is -1.03. The fourth-order valence-corrected chi connectivity index (χ4v) is 1.76. The number of carbonyl (C=O) groups excluding carboxylic acids is 1. The smallest absolute Gasteiger partial charge is 0.240 e. The molecular formula is C10H14ClN3O. The second-order valence-electron chi connectivity index (χ2n) is 3.92. The lowest BCUT2D eigenvalue weighted by molar-refractivity contribution is -0.114. The molecule has 1 amide bonds. The number of carbonyl (C=O) groups is 1. The maximum absolute atomic E-state index is 11.2. The van der Waals surface area contributed by atoms with Crippen LogP contribution in [0.15, 0.2) is 12.3 Å². The molecule has 0 radical (unpaired) electrons. The summed E-state index contributed by atoms with van der Waals surface area (Å²) in [4.78, 5) is 11.2. The summed E-state index contributed by atoms with van der Waals surface area (Å²) in [5, 5.41) is 6.96. The Bertz CT molecular complexity index is 359. The largest absolute Gasteiger partial charge is 0.310 e. The molecule has 1 aliphatic carbocycles. The van der Waals surface area contributed by atoms with Crippen molar-refractivity contribution in [2.75, 3.05) is 11.2 Å². The van der Waals surface area contributed by atoms with E-state index in [9.17, 15) is 4.79 Å². The molecule has 1 atom stereocenters. The standard InChI is InChI=1S/C10H14ClN3O/c1-7(8-2-3-8)14-9(4-5-12-14)13-10(15)6-11/h4-5,7-8H,2-3,6H2,1H3,(H,13,15)/t7-/m0/s1. The van der Waals surface area contributed by atoms with Gasteiger partial charge in [-0.25, -0.2) is 4.68 Å². The SMILES string of the molecule is C[C@@H](C1CC1)n1nccc1NC(=O)CCl. The van der Waals surface area contributed by atoms with Crippen molar-refractivity contribution in [2.45, 2.75) is 25.8 Å². The number of nitrogens with zero attached hydrogens (tertiary/aromatic N) is 2. The molecule has 0 aliphatic heterocycles. The van der Waals surface area contributed by atoms with Gasteiger partial charge in [-0.1, -0.05) is 0 Å². The molecule has 82 valence electrons. The molecule has 2 rings (SSSR count). The highest BCUT2D eigenvalue weighted by atomic mass is 35.5. The third kappa shape index (κ3) is 2.31. The lowest BCUT2D eigenvalue weighted by Crippen LogP contribution is -2.18. The molecule has 0 aromatic carbocycles. The molecule has 0 unspecified atom stereocenters. The zero-order valence-electron chi connectivity index (χ0n) is 8.61. The van der Waals surface area contributed by atoms with Gasteiger partial charge in [0.2, 0.25) is 5.91 Å². The van der Waals surface area contributed by atoms with Crippen LogP contribution in [-0.2, 0) is 4.79 Å². The van der Waals surface area contributed by atoms with Crippen molar-refractivity contribution in [3.8, 4) is 0 Å². The van der Waals surface area contributed by atoms with Gasteiger partial charge in [-0.3, -0.25) is 4.79 Å². The zero-order valence-corrected chi connectivity index (χ0v) is 9.37. The number of halogens is 1. The summed E-state index contributed by atoms with van der Waals surface area (Å²) in [5.74, 6) is 1.22. The molecule has 1 heterocycles. The Morgan fingerprint density at radius 2 is 2.53 bits per heavy atom. The quantitative estimate of drug-likeness (QED) is 0.801. The van der Waals surface area contributed by atoms with Gasteiger partial charge >= 0.3 is 0 Å². The van der Waals surface area contributed by atoms with E-state index in [1.54, 1.807) is 12.3 Å². The van der Waals surface area contributed by atoms with Gasteiger partial charge in [0, 0.05) is 6.07 Å². The van der Waals surface area contributed by atoms with Gasteiger partial charge in [0.05, 0.1) is 12.2 Å². The number of nitrogens with one attached hydrogen (secondary N) is 1.